The lowest BCUT2D eigenvalue weighted by Gasteiger charge is -2.10. The molecule has 0 saturated heterocycles. The van der Waals surface area contributed by atoms with E-state index in [1.54, 1.807) is 24.3 Å². The summed E-state index contributed by atoms with van der Waals surface area (Å²) in [5, 5.41) is 5.75. The van der Waals surface area contributed by atoms with Crippen molar-refractivity contribution in [3.63, 3.8) is 0 Å². The number of anilines is 1. The normalized spacial score (nSPS) is 12.6. The number of amides is 2. The molecule has 2 amide bonds. The Hall–Kier alpha value is -2.61. The zero-order valence-corrected chi connectivity index (χ0v) is 13.1. The summed E-state index contributed by atoms with van der Waals surface area (Å²) in [6, 6.07) is 6.60. The van der Waals surface area contributed by atoms with E-state index in [1.165, 1.54) is 29.6 Å². The first-order valence-electron chi connectivity index (χ1n) is 6.97. The summed E-state index contributed by atoms with van der Waals surface area (Å²) in [4.78, 5) is 40.7. The molecule has 2 heterocycles. The second kappa shape index (κ2) is 6.25. The number of carbonyl (C=O) groups excluding carboxylic acids is 2. The smallest absolute Gasteiger partial charge is 0.267 e. The van der Waals surface area contributed by atoms with Crippen molar-refractivity contribution in [2.24, 2.45) is 0 Å². The van der Waals surface area contributed by atoms with Crippen LogP contribution in [0.15, 0.2) is 40.4 Å². The van der Waals surface area contributed by atoms with Gasteiger partial charge in [-0.2, -0.15) is 0 Å². The maximum atomic E-state index is 12.4. The second-order valence-electron chi connectivity index (χ2n) is 4.84. The van der Waals surface area contributed by atoms with Gasteiger partial charge < -0.3 is 10.6 Å². The van der Waals surface area contributed by atoms with Crippen molar-refractivity contribution in [2.75, 3.05) is 18.1 Å². The fraction of sp³-hybridized carbons (Fsp3) is 0.200. The maximum Gasteiger partial charge on any atom is 0.267 e. The molecule has 118 valence electrons. The van der Waals surface area contributed by atoms with Gasteiger partial charge in [-0.25, -0.2) is 4.98 Å². The summed E-state index contributed by atoms with van der Waals surface area (Å²) in [5.41, 5.74) is 0.266. The minimum atomic E-state index is -0.578. The molecule has 0 radical (unpaired) electrons. The largest absolute Gasteiger partial charge is 0.355 e. The highest BCUT2D eigenvalue weighted by Gasteiger charge is 2.21. The Kier molecular flexibility index (Phi) is 4.16. The van der Waals surface area contributed by atoms with Gasteiger partial charge >= 0.3 is 0 Å². The van der Waals surface area contributed by atoms with Gasteiger partial charge in [0, 0.05) is 25.5 Å². The minimum absolute atomic E-state index is 0.0389. The number of hydrogen-bond acceptors (Lipinski definition) is 5. The number of rotatable bonds is 3. The molecule has 0 unspecified atom stereocenters. The van der Waals surface area contributed by atoms with E-state index >= 15 is 0 Å². The summed E-state index contributed by atoms with van der Waals surface area (Å²) in [6.45, 7) is 0.543. The molecule has 7 nitrogen and oxygen atoms in total. The number of aromatic nitrogens is 2. The van der Waals surface area contributed by atoms with Crippen LogP contribution in [0.1, 0.15) is 20.7 Å². The Balaban J connectivity index is 1.92. The molecule has 0 fully saturated rings. The third-order valence-corrected chi connectivity index (χ3v) is 4.42. The van der Waals surface area contributed by atoms with Crippen LogP contribution in [0.4, 0.5) is 5.69 Å². The predicted molar refractivity (Wildman–Crippen MR) is 87.0 cm³/mol. The Morgan fingerprint density at radius 1 is 1.22 bits per heavy atom. The van der Waals surface area contributed by atoms with E-state index in [4.69, 9.17) is 0 Å². The third kappa shape index (κ3) is 2.85. The summed E-state index contributed by atoms with van der Waals surface area (Å²) in [5.74, 6) is -0.126. The SMILES string of the molecule is CNC(=O)c1ccccc1NC(=O)c1cnc2n(c1=O)CCS2. The first-order valence-corrected chi connectivity index (χ1v) is 7.95. The lowest BCUT2D eigenvalue weighted by molar-refractivity contribution is 0.0964. The first kappa shape index (κ1) is 15.3. The molecule has 0 aliphatic carbocycles. The molecule has 23 heavy (non-hydrogen) atoms. The highest BCUT2D eigenvalue weighted by Crippen LogP contribution is 2.21. The van der Waals surface area contributed by atoms with E-state index in [-0.39, 0.29) is 17.0 Å². The molecule has 1 aromatic heterocycles. The average molecular weight is 330 g/mol. The highest BCUT2D eigenvalue weighted by atomic mass is 32.2. The molecule has 1 aromatic carbocycles. The van der Waals surface area contributed by atoms with Crippen LogP contribution in [0, 0.1) is 0 Å². The number of hydrogen-bond donors (Lipinski definition) is 2. The van der Waals surface area contributed by atoms with Crippen LogP contribution in [0.3, 0.4) is 0 Å². The molecular formula is C15H14N4O3S. The van der Waals surface area contributed by atoms with E-state index in [9.17, 15) is 14.4 Å². The first-order chi connectivity index (χ1) is 11.1. The summed E-state index contributed by atoms with van der Waals surface area (Å²) in [7, 11) is 1.51. The maximum absolute atomic E-state index is 12.4. The van der Waals surface area contributed by atoms with E-state index in [0.29, 0.717) is 23.0 Å². The van der Waals surface area contributed by atoms with Gasteiger partial charge in [-0.05, 0) is 12.1 Å². The van der Waals surface area contributed by atoms with Gasteiger partial charge in [-0.15, -0.1) is 0 Å². The van der Waals surface area contributed by atoms with Crippen molar-refractivity contribution in [3.05, 3.63) is 51.9 Å². The van der Waals surface area contributed by atoms with Crippen molar-refractivity contribution in [3.8, 4) is 0 Å². The van der Waals surface area contributed by atoms with Crippen LogP contribution < -0.4 is 16.2 Å². The van der Waals surface area contributed by atoms with Gasteiger partial charge in [0.1, 0.15) is 5.56 Å². The predicted octanol–water partition coefficient (Wildman–Crippen LogP) is 0.961. The summed E-state index contributed by atoms with van der Waals surface area (Å²) >= 11 is 1.48. The lowest BCUT2D eigenvalue weighted by atomic mass is 10.1. The van der Waals surface area contributed by atoms with Crippen molar-refractivity contribution < 1.29 is 9.59 Å². The topological polar surface area (TPSA) is 93.1 Å². The zero-order valence-electron chi connectivity index (χ0n) is 12.3. The Morgan fingerprint density at radius 3 is 2.78 bits per heavy atom. The molecule has 0 bridgehead atoms. The molecule has 8 heteroatoms. The van der Waals surface area contributed by atoms with E-state index in [2.05, 4.69) is 15.6 Å². The second-order valence-corrected chi connectivity index (χ2v) is 5.90. The number of carbonyl (C=O) groups is 2. The standard InChI is InChI=1S/C15H14N4O3S/c1-16-12(20)9-4-2-3-5-11(9)18-13(21)10-8-17-15-19(14(10)22)6-7-23-15/h2-5,8H,6-7H2,1H3,(H,16,20)(H,18,21). The van der Waals surface area contributed by atoms with Crippen LogP contribution in [-0.2, 0) is 6.54 Å². The van der Waals surface area contributed by atoms with Gasteiger partial charge in [-0.3, -0.25) is 19.0 Å². The van der Waals surface area contributed by atoms with Gasteiger partial charge in [0.25, 0.3) is 17.4 Å². The van der Waals surface area contributed by atoms with Gasteiger partial charge in [0.15, 0.2) is 5.16 Å². The molecule has 0 saturated carbocycles. The quantitative estimate of drug-likeness (QED) is 0.818. The number of nitrogens with zero attached hydrogens (tertiary/aromatic N) is 2. The molecule has 2 aromatic rings. The van der Waals surface area contributed by atoms with Crippen molar-refractivity contribution in [2.45, 2.75) is 11.7 Å². The molecule has 1 aliphatic heterocycles. The van der Waals surface area contributed by atoms with Crippen LogP contribution in [-0.4, -0.2) is 34.2 Å². The van der Waals surface area contributed by atoms with Crippen LogP contribution >= 0.6 is 11.8 Å². The summed E-state index contributed by atoms with van der Waals surface area (Å²) < 4.78 is 1.49. The van der Waals surface area contributed by atoms with Crippen LogP contribution in [0.2, 0.25) is 0 Å². The Labute approximate surface area is 136 Å². The Bertz CT molecular complexity index is 847. The molecule has 0 atom stereocenters. The van der Waals surface area contributed by atoms with Gasteiger partial charge in [-0.1, -0.05) is 23.9 Å². The van der Waals surface area contributed by atoms with E-state index in [1.807, 2.05) is 0 Å². The van der Waals surface area contributed by atoms with Gasteiger partial charge in [0.2, 0.25) is 0 Å². The van der Waals surface area contributed by atoms with E-state index in [0.717, 1.165) is 5.75 Å². The monoisotopic (exact) mass is 330 g/mol. The molecule has 3 rings (SSSR count). The number of thioether (sulfide) groups is 1. The van der Waals surface area contributed by atoms with Crippen molar-refractivity contribution in [1.29, 1.82) is 0 Å². The van der Waals surface area contributed by atoms with Crippen molar-refractivity contribution in [1.82, 2.24) is 14.9 Å². The summed E-state index contributed by atoms with van der Waals surface area (Å²) in [6.07, 6.45) is 1.28. The van der Waals surface area contributed by atoms with Crippen LogP contribution in [0.5, 0.6) is 0 Å². The zero-order chi connectivity index (χ0) is 16.4. The number of nitrogens with one attached hydrogen (secondary N) is 2. The molecule has 1 aliphatic rings. The average Bonchev–Trinajstić information content (AvgIpc) is 3.04. The van der Waals surface area contributed by atoms with Crippen molar-refractivity contribution >= 4 is 29.3 Å². The van der Waals surface area contributed by atoms with E-state index < -0.39 is 5.91 Å². The van der Waals surface area contributed by atoms with Gasteiger partial charge in [0.05, 0.1) is 11.3 Å². The number of fused-ring (bicyclic) bond motifs is 1. The fourth-order valence-corrected chi connectivity index (χ4v) is 3.20. The molecule has 2 N–H and O–H groups in total. The number of benzene rings is 1. The Morgan fingerprint density at radius 2 is 2.00 bits per heavy atom. The third-order valence-electron chi connectivity index (χ3n) is 3.45. The highest BCUT2D eigenvalue weighted by molar-refractivity contribution is 7.99. The molecular weight excluding hydrogens is 316 g/mol. The number of para-hydroxylation sites is 1. The van der Waals surface area contributed by atoms with Crippen LogP contribution in [0.25, 0.3) is 0 Å². The fourth-order valence-electron chi connectivity index (χ4n) is 2.29. The molecule has 0 spiro atoms. The minimum Gasteiger partial charge on any atom is -0.355 e. The lowest BCUT2D eigenvalue weighted by Crippen LogP contribution is -2.30.